The van der Waals surface area contributed by atoms with Crippen LogP contribution in [0.1, 0.15) is 5.69 Å². The van der Waals surface area contributed by atoms with Gasteiger partial charge in [0.25, 0.3) is 5.22 Å². The maximum absolute atomic E-state index is 8.65. The zero-order chi connectivity index (χ0) is 13.8. The van der Waals surface area contributed by atoms with Gasteiger partial charge < -0.3 is 4.42 Å². The minimum Gasteiger partial charge on any atom is -0.411 e. The zero-order valence-corrected chi connectivity index (χ0v) is 10.9. The summed E-state index contributed by atoms with van der Waals surface area (Å²) in [7, 11) is 0. The van der Waals surface area contributed by atoms with E-state index in [2.05, 4.69) is 20.4 Å². The molecule has 3 aromatic rings. The Morgan fingerprint density at radius 1 is 0.950 bits per heavy atom. The number of hydrogen-bond donors (Lipinski definition) is 0. The third-order valence-electron chi connectivity index (χ3n) is 2.37. The maximum Gasteiger partial charge on any atom is 0.283 e. The molecule has 0 atom stereocenters. The van der Waals surface area contributed by atoms with E-state index in [1.54, 1.807) is 12.1 Å². The van der Waals surface area contributed by atoms with Crippen molar-refractivity contribution in [2.24, 2.45) is 0 Å². The van der Waals surface area contributed by atoms with Crippen molar-refractivity contribution in [3.8, 4) is 17.5 Å². The molecule has 0 radical (unpaired) electrons. The second kappa shape index (κ2) is 5.50. The van der Waals surface area contributed by atoms with Crippen LogP contribution in [0.15, 0.2) is 57.1 Å². The molecule has 3 rings (SSSR count). The predicted octanol–water partition coefficient (Wildman–Crippen LogP) is 2.55. The third kappa shape index (κ3) is 2.65. The Morgan fingerprint density at radius 3 is 2.50 bits per heavy atom. The topological polar surface area (TPSA) is 88.5 Å². The van der Waals surface area contributed by atoms with Crippen molar-refractivity contribution in [2.45, 2.75) is 10.2 Å². The second-order valence-electron chi connectivity index (χ2n) is 3.71. The first-order valence-electron chi connectivity index (χ1n) is 5.66. The average Bonchev–Trinajstić information content (AvgIpc) is 2.97. The highest BCUT2D eigenvalue weighted by Crippen LogP contribution is 2.27. The van der Waals surface area contributed by atoms with E-state index in [9.17, 15) is 0 Å². The van der Waals surface area contributed by atoms with Crippen LogP contribution < -0.4 is 0 Å². The molecular formula is C13H7N5OS. The molecule has 0 bridgehead atoms. The van der Waals surface area contributed by atoms with Crippen LogP contribution in [0.25, 0.3) is 11.5 Å². The summed E-state index contributed by atoms with van der Waals surface area (Å²) < 4.78 is 5.54. The fourth-order valence-corrected chi connectivity index (χ4v) is 2.07. The Bertz CT molecular complexity index is 748. The molecule has 0 aliphatic rings. The van der Waals surface area contributed by atoms with Crippen molar-refractivity contribution < 1.29 is 4.42 Å². The number of hydrogen-bond acceptors (Lipinski definition) is 7. The summed E-state index contributed by atoms with van der Waals surface area (Å²) in [5.41, 5.74) is 1.13. The van der Waals surface area contributed by atoms with E-state index in [-0.39, 0.29) is 5.69 Å². The van der Waals surface area contributed by atoms with Gasteiger partial charge in [-0.1, -0.05) is 18.2 Å². The van der Waals surface area contributed by atoms with Crippen LogP contribution in [0.4, 0.5) is 0 Å². The zero-order valence-electron chi connectivity index (χ0n) is 10.1. The first-order chi connectivity index (χ1) is 9.85. The van der Waals surface area contributed by atoms with Gasteiger partial charge in [0, 0.05) is 5.56 Å². The van der Waals surface area contributed by atoms with Crippen molar-refractivity contribution in [2.75, 3.05) is 0 Å². The smallest absolute Gasteiger partial charge is 0.283 e. The van der Waals surface area contributed by atoms with E-state index in [4.69, 9.17) is 9.68 Å². The van der Waals surface area contributed by atoms with Gasteiger partial charge in [-0.25, -0.2) is 0 Å². The molecule has 0 aliphatic carbocycles. The molecule has 0 saturated heterocycles. The van der Waals surface area contributed by atoms with Gasteiger partial charge in [-0.2, -0.15) is 5.26 Å². The lowest BCUT2D eigenvalue weighted by Crippen LogP contribution is -1.88. The standard InChI is InChI=1S/C13H7N5OS/c14-8-10-6-7-11(16-15-10)20-13-18-17-12(19-13)9-4-2-1-3-5-9/h1-7H. The fraction of sp³-hybridized carbons (Fsp3) is 0. The summed E-state index contributed by atoms with van der Waals surface area (Å²) in [4.78, 5) is 0. The van der Waals surface area contributed by atoms with E-state index >= 15 is 0 Å². The molecule has 7 heteroatoms. The van der Waals surface area contributed by atoms with Gasteiger partial charge >= 0.3 is 0 Å². The normalized spacial score (nSPS) is 10.2. The van der Waals surface area contributed by atoms with E-state index in [0.29, 0.717) is 16.1 Å². The quantitative estimate of drug-likeness (QED) is 0.728. The molecular weight excluding hydrogens is 274 g/mol. The first kappa shape index (κ1) is 12.3. The van der Waals surface area contributed by atoms with Gasteiger partial charge in [-0.05, 0) is 36.0 Å². The summed E-state index contributed by atoms with van der Waals surface area (Å²) in [5.74, 6) is 0.453. The molecule has 2 heterocycles. The Morgan fingerprint density at radius 2 is 1.80 bits per heavy atom. The molecule has 0 saturated carbocycles. The van der Waals surface area contributed by atoms with Crippen LogP contribution in [0.2, 0.25) is 0 Å². The van der Waals surface area contributed by atoms with Gasteiger partial charge in [-0.15, -0.1) is 20.4 Å². The Labute approximate surface area is 118 Å². The lowest BCUT2D eigenvalue weighted by Gasteiger charge is -1.94. The Hall–Kier alpha value is -2.72. The molecule has 0 amide bonds. The van der Waals surface area contributed by atoms with Crippen LogP contribution in [-0.4, -0.2) is 20.4 Å². The number of rotatable bonds is 3. The van der Waals surface area contributed by atoms with Crippen molar-refractivity contribution in [3.63, 3.8) is 0 Å². The molecule has 2 aromatic heterocycles. The molecule has 0 spiro atoms. The predicted molar refractivity (Wildman–Crippen MR) is 70.6 cm³/mol. The molecule has 0 aliphatic heterocycles. The summed E-state index contributed by atoms with van der Waals surface area (Å²) in [6, 6.07) is 14.7. The molecule has 0 unspecified atom stereocenters. The fourth-order valence-electron chi connectivity index (χ4n) is 1.47. The number of aromatic nitrogens is 4. The molecule has 96 valence electrons. The summed E-state index contributed by atoms with van der Waals surface area (Å²) >= 11 is 1.20. The Kier molecular flexibility index (Phi) is 3.39. The minimum atomic E-state index is 0.268. The van der Waals surface area contributed by atoms with E-state index in [1.807, 2.05) is 36.4 Å². The van der Waals surface area contributed by atoms with Crippen molar-refractivity contribution in [1.29, 1.82) is 5.26 Å². The van der Waals surface area contributed by atoms with Crippen LogP contribution in [0.5, 0.6) is 0 Å². The molecule has 0 N–H and O–H groups in total. The summed E-state index contributed by atoms with van der Waals surface area (Å²) in [5, 5.41) is 25.2. The van der Waals surface area contributed by atoms with Crippen molar-refractivity contribution >= 4 is 11.8 Å². The molecule has 6 nitrogen and oxygen atoms in total. The van der Waals surface area contributed by atoms with Gasteiger partial charge in [0.1, 0.15) is 11.1 Å². The number of benzene rings is 1. The summed E-state index contributed by atoms with van der Waals surface area (Å²) in [6.45, 7) is 0. The van der Waals surface area contributed by atoms with Gasteiger partial charge in [0.15, 0.2) is 5.69 Å². The van der Waals surface area contributed by atoms with Crippen LogP contribution in [0, 0.1) is 11.3 Å². The largest absolute Gasteiger partial charge is 0.411 e. The van der Waals surface area contributed by atoms with Gasteiger partial charge in [-0.3, -0.25) is 0 Å². The molecule has 0 fully saturated rings. The van der Waals surface area contributed by atoms with E-state index in [0.717, 1.165) is 5.56 Å². The lowest BCUT2D eigenvalue weighted by molar-refractivity contribution is 0.465. The van der Waals surface area contributed by atoms with Gasteiger partial charge in [0.05, 0.1) is 0 Å². The third-order valence-corrected chi connectivity index (χ3v) is 3.14. The monoisotopic (exact) mass is 281 g/mol. The van der Waals surface area contributed by atoms with E-state index in [1.165, 1.54) is 11.8 Å². The molecule has 1 aromatic carbocycles. The summed E-state index contributed by atoms with van der Waals surface area (Å²) in [6.07, 6.45) is 0. The van der Waals surface area contributed by atoms with E-state index < -0.39 is 0 Å². The van der Waals surface area contributed by atoms with Gasteiger partial charge in [0.2, 0.25) is 5.89 Å². The minimum absolute atomic E-state index is 0.268. The van der Waals surface area contributed by atoms with Crippen LogP contribution >= 0.6 is 11.8 Å². The van der Waals surface area contributed by atoms with Crippen molar-refractivity contribution in [3.05, 3.63) is 48.2 Å². The van der Waals surface area contributed by atoms with Crippen LogP contribution in [0.3, 0.4) is 0 Å². The average molecular weight is 281 g/mol. The SMILES string of the molecule is N#Cc1ccc(Sc2nnc(-c3ccccc3)o2)nn1. The Balaban J connectivity index is 1.79. The maximum atomic E-state index is 8.65. The second-order valence-corrected chi connectivity index (χ2v) is 4.68. The number of nitrogens with zero attached hydrogens (tertiary/aromatic N) is 5. The van der Waals surface area contributed by atoms with Crippen molar-refractivity contribution in [1.82, 2.24) is 20.4 Å². The highest BCUT2D eigenvalue weighted by atomic mass is 32.2. The highest BCUT2D eigenvalue weighted by molar-refractivity contribution is 7.99. The lowest BCUT2D eigenvalue weighted by atomic mass is 10.2. The van der Waals surface area contributed by atoms with Crippen LogP contribution in [-0.2, 0) is 0 Å². The number of nitriles is 1. The first-order valence-corrected chi connectivity index (χ1v) is 6.47. The molecule has 20 heavy (non-hydrogen) atoms. The highest BCUT2D eigenvalue weighted by Gasteiger charge is 2.10.